The summed E-state index contributed by atoms with van der Waals surface area (Å²) in [6.45, 7) is 4.66. The van der Waals surface area contributed by atoms with Gasteiger partial charge in [-0.2, -0.15) is 0 Å². The van der Waals surface area contributed by atoms with Crippen LogP contribution in [0, 0.1) is 6.92 Å². The van der Waals surface area contributed by atoms with Crippen molar-refractivity contribution in [3.05, 3.63) is 41.3 Å². The van der Waals surface area contributed by atoms with E-state index in [-0.39, 0.29) is 0 Å². The molecule has 0 amide bonds. The lowest BCUT2D eigenvalue weighted by Crippen LogP contribution is -1.92. The molecule has 108 valence electrons. The first-order valence-electron chi connectivity index (χ1n) is 6.73. The molecule has 1 aromatic carbocycles. The fraction of sp³-hybridized carbons (Fsp3) is 0.188. The lowest BCUT2D eigenvalue weighted by molar-refractivity contribution is 0.340. The largest absolute Gasteiger partial charge is 0.494 e. The maximum atomic E-state index is 5.99. The van der Waals surface area contributed by atoms with Gasteiger partial charge in [0.15, 0.2) is 11.6 Å². The van der Waals surface area contributed by atoms with Gasteiger partial charge in [0.25, 0.3) is 0 Å². The third kappa shape index (κ3) is 2.52. The second-order valence-electron chi connectivity index (χ2n) is 4.66. The summed E-state index contributed by atoms with van der Waals surface area (Å²) < 4.78 is 10.9. The average Bonchev–Trinajstić information content (AvgIpc) is 3.06. The molecule has 2 aromatic heterocycles. The zero-order valence-electron chi connectivity index (χ0n) is 11.9. The van der Waals surface area contributed by atoms with Crippen molar-refractivity contribution in [1.82, 2.24) is 5.16 Å². The molecule has 2 N–H and O–H groups in total. The molecule has 0 bridgehead atoms. The quantitative estimate of drug-likeness (QED) is 0.777. The normalized spacial score (nSPS) is 10.8. The van der Waals surface area contributed by atoms with Gasteiger partial charge in [0.05, 0.1) is 17.0 Å². The molecule has 0 aliphatic heterocycles. The van der Waals surface area contributed by atoms with E-state index in [2.05, 4.69) is 11.2 Å². The van der Waals surface area contributed by atoms with Crippen LogP contribution in [-0.4, -0.2) is 11.8 Å². The van der Waals surface area contributed by atoms with Crippen molar-refractivity contribution < 1.29 is 9.26 Å². The molecule has 0 fully saturated rings. The Bertz CT molecular complexity index is 744. The molecule has 0 radical (unpaired) electrons. The Hall–Kier alpha value is -2.27. The number of rotatable bonds is 4. The molecule has 0 atom stereocenters. The molecule has 3 rings (SSSR count). The van der Waals surface area contributed by atoms with Crippen LogP contribution in [0.4, 0.5) is 5.82 Å². The summed E-state index contributed by atoms with van der Waals surface area (Å²) in [6.07, 6.45) is 0. The summed E-state index contributed by atoms with van der Waals surface area (Å²) in [5.41, 5.74) is 8.96. The van der Waals surface area contributed by atoms with Gasteiger partial charge in [0, 0.05) is 0 Å². The molecule has 2 heterocycles. The van der Waals surface area contributed by atoms with Crippen molar-refractivity contribution in [2.24, 2.45) is 0 Å². The van der Waals surface area contributed by atoms with E-state index in [9.17, 15) is 0 Å². The number of aryl methyl sites for hydroxylation is 1. The van der Waals surface area contributed by atoms with Gasteiger partial charge in [-0.1, -0.05) is 17.3 Å². The Kier molecular flexibility index (Phi) is 3.66. The van der Waals surface area contributed by atoms with Crippen LogP contribution >= 0.6 is 11.3 Å². The minimum Gasteiger partial charge on any atom is -0.494 e. The third-order valence-electron chi connectivity index (χ3n) is 3.24. The van der Waals surface area contributed by atoms with Gasteiger partial charge in [-0.3, -0.25) is 0 Å². The summed E-state index contributed by atoms with van der Waals surface area (Å²) in [5, 5.41) is 5.96. The first-order chi connectivity index (χ1) is 10.2. The third-order valence-corrected chi connectivity index (χ3v) is 4.26. The highest BCUT2D eigenvalue weighted by Crippen LogP contribution is 2.40. The standard InChI is InChI=1S/C16H16N2O2S/c1-3-19-12-6-4-11(5-7-12)13-14(20-18-16(13)17)15-10(2)8-9-21-15/h4-9H,3H2,1-2H3,(H2,17,18). The van der Waals surface area contributed by atoms with Crippen molar-refractivity contribution in [1.29, 1.82) is 0 Å². The van der Waals surface area contributed by atoms with E-state index in [4.69, 9.17) is 15.0 Å². The monoisotopic (exact) mass is 300 g/mol. The van der Waals surface area contributed by atoms with E-state index in [0.717, 1.165) is 33.1 Å². The van der Waals surface area contributed by atoms with Crippen molar-refractivity contribution >= 4 is 17.2 Å². The van der Waals surface area contributed by atoms with Gasteiger partial charge >= 0.3 is 0 Å². The SMILES string of the molecule is CCOc1ccc(-c2c(N)noc2-c2sccc2C)cc1. The number of benzene rings is 1. The van der Waals surface area contributed by atoms with E-state index in [1.54, 1.807) is 11.3 Å². The van der Waals surface area contributed by atoms with Gasteiger partial charge in [-0.15, -0.1) is 11.3 Å². The average molecular weight is 300 g/mol. The highest BCUT2D eigenvalue weighted by atomic mass is 32.1. The lowest BCUT2D eigenvalue weighted by Gasteiger charge is -2.05. The molecule has 0 aliphatic carbocycles. The number of hydrogen-bond donors (Lipinski definition) is 1. The van der Waals surface area contributed by atoms with Crippen molar-refractivity contribution in [3.8, 4) is 27.5 Å². The van der Waals surface area contributed by atoms with Gasteiger partial charge in [0.2, 0.25) is 0 Å². The van der Waals surface area contributed by atoms with Crippen molar-refractivity contribution in [3.63, 3.8) is 0 Å². The van der Waals surface area contributed by atoms with Crippen LogP contribution in [0.5, 0.6) is 5.75 Å². The van der Waals surface area contributed by atoms with Gasteiger partial charge in [-0.25, -0.2) is 0 Å². The number of hydrogen-bond acceptors (Lipinski definition) is 5. The topological polar surface area (TPSA) is 61.3 Å². The summed E-state index contributed by atoms with van der Waals surface area (Å²) in [7, 11) is 0. The number of aromatic nitrogens is 1. The maximum Gasteiger partial charge on any atom is 0.187 e. The molecule has 0 spiro atoms. The summed E-state index contributed by atoms with van der Waals surface area (Å²) >= 11 is 1.62. The van der Waals surface area contributed by atoms with Gasteiger partial charge in [0.1, 0.15) is 5.75 Å². The first kappa shape index (κ1) is 13.7. The fourth-order valence-corrected chi connectivity index (χ4v) is 3.13. The van der Waals surface area contributed by atoms with E-state index in [0.29, 0.717) is 12.4 Å². The van der Waals surface area contributed by atoms with Crippen LogP contribution in [0.1, 0.15) is 12.5 Å². The van der Waals surface area contributed by atoms with Crippen molar-refractivity contribution in [2.45, 2.75) is 13.8 Å². The Labute approximate surface area is 127 Å². The Morgan fingerprint density at radius 3 is 2.62 bits per heavy atom. The number of nitrogens with two attached hydrogens (primary N) is 1. The highest BCUT2D eigenvalue weighted by Gasteiger charge is 2.19. The van der Waals surface area contributed by atoms with E-state index in [1.165, 1.54) is 0 Å². The first-order valence-corrected chi connectivity index (χ1v) is 7.61. The lowest BCUT2D eigenvalue weighted by atomic mass is 10.0. The number of nitrogens with zero attached hydrogens (tertiary/aromatic N) is 1. The zero-order chi connectivity index (χ0) is 14.8. The van der Waals surface area contributed by atoms with Crippen LogP contribution in [0.2, 0.25) is 0 Å². The van der Waals surface area contributed by atoms with Crippen LogP contribution in [0.15, 0.2) is 40.2 Å². The molecule has 0 saturated heterocycles. The minimum absolute atomic E-state index is 0.405. The summed E-state index contributed by atoms with van der Waals surface area (Å²) in [5.74, 6) is 1.97. The molecule has 4 nitrogen and oxygen atoms in total. The van der Waals surface area contributed by atoms with Crippen LogP contribution in [0.25, 0.3) is 21.8 Å². The number of nitrogen functional groups attached to an aromatic ring is 1. The Morgan fingerprint density at radius 1 is 1.24 bits per heavy atom. The smallest absolute Gasteiger partial charge is 0.187 e. The Morgan fingerprint density at radius 2 is 2.00 bits per heavy atom. The van der Waals surface area contributed by atoms with Crippen molar-refractivity contribution in [2.75, 3.05) is 12.3 Å². The summed E-state index contributed by atoms with van der Waals surface area (Å²) in [6, 6.07) is 9.86. The second kappa shape index (κ2) is 5.61. The number of thiophene rings is 1. The maximum absolute atomic E-state index is 5.99. The zero-order valence-corrected chi connectivity index (χ0v) is 12.7. The van der Waals surface area contributed by atoms with Crippen LogP contribution < -0.4 is 10.5 Å². The second-order valence-corrected chi connectivity index (χ2v) is 5.58. The number of ether oxygens (including phenoxy) is 1. The van der Waals surface area contributed by atoms with E-state index >= 15 is 0 Å². The molecule has 3 aromatic rings. The summed E-state index contributed by atoms with van der Waals surface area (Å²) in [4.78, 5) is 1.06. The van der Waals surface area contributed by atoms with E-state index < -0.39 is 0 Å². The molecular weight excluding hydrogens is 284 g/mol. The molecule has 21 heavy (non-hydrogen) atoms. The predicted molar refractivity (Wildman–Crippen MR) is 85.6 cm³/mol. The van der Waals surface area contributed by atoms with E-state index in [1.807, 2.05) is 43.5 Å². The van der Waals surface area contributed by atoms with Crippen LogP contribution in [0.3, 0.4) is 0 Å². The molecule has 0 aliphatic rings. The molecular formula is C16H16N2O2S. The highest BCUT2D eigenvalue weighted by molar-refractivity contribution is 7.13. The van der Waals surface area contributed by atoms with Gasteiger partial charge < -0.3 is 15.0 Å². The molecule has 0 saturated carbocycles. The van der Waals surface area contributed by atoms with Gasteiger partial charge in [-0.05, 0) is 48.6 Å². The fourth-order valence-electron chi connectivity index (χ4n) is 2.23. The Balaban J connectivity index is 2.06. The number of anilines is 1. The minimum atomic E-state index is 0.405. The molecule has 5 heteroatoms. The predicted octanol–water partition coefficient (Wildman–Crippen LogP) is 4.36. The molecule has 0 unspecified atom stereocenters. The van der Waals surface area contributed by atoms with Crippen LogP contribution in [-0.2, 0) is 0 Å².